The Morgan fingerprint density at radius 3 is 2.79 bits per heavy atom. The third-order valence-corrected chi connectivity index (χ3v) is 5.96. The Morgan fingerprint density at radius 2 is 2.07 bits per heavy atom. The normalized spacial score (nSPS) is 10.5. The fraction of sp³-hybridized carbons (Fsp3) is 0.0476. The Labute approximate surface area is 177 Å². The third kappa shape index (κ3) is 3.92. The molecule has 0 aliphatic heterocycles. The molecule has 0 unspecified atom stereocenters. The first kappa shape index (κ1) is 18.9. The van der Waals surface area contributed by atoms with Gasteiger partial charge in [0.1, 0.15) is 6.07 Å². The highest BCUT2D eigenvalue weighted by atomic mass is 32.1. The Balaban J connectivity index is 1.81. The average Bonchev–Trinajstić information content (AvgIpc) is 3.13. The van der Waals surface area contributed by atoms with Gasteiger partial charge in [-0.05, 0) is 30.3 Å². The second-order valence-electron chi connectivity index (χ2n) is 6.13. The van der Waals surface area contributed by atoms with Crippen LogP contribution >= 0.6 is 24.0 Å². The maximum Gasteiger partial charge on any atom is 0.227 e. The van der Waals surface area contributed by atoms with Crippen LogP contribution < -0.4 is 11.1 Å². The van der Waals surface area contributed by atoms with Crippen molar-refractivity contribution in [3.05, 3.63) is 71.5 Å². The maximum absolute atomic E-state index is 9.77. The van der Waals surface area contributed by atoms with Crippen LogP contribution in [0, 0.1) is 11.3 Å². The summed E-state index contributed by atoms with van der Waals surface area (Å²) in [6.45, 7) is 0. The number of hydrogen-bond donors (Lipinski definition) is 3. The van der Waals surface area contributed by atoms with Gasteiger partial charge in [-0.25, -0.2) is 9.97 Å². The first-order chi connectivity index (χ1) is 14.2. The Morgan fingerprint density at radius 1 is 1.17 bits per heavy atom. The van der Waals surface area contributed by atoms with Crippen LogP contribution in [0.5, 0.6) is 0 Å². The predicted octanol–water partition coefficient (Wildman–Crippen LogP) is 4.89. The zero-order chi connectivity index (χ0) is 20.2. The molecule has 142 valence electrons. The minimum atomic E-state index is 0.449. The highest BCUT2D eigenvalue weighted by Gasteiger charge is 2.21. The Hall–Kier alpha value is -3.41. The van der Waals surface area contributed by atoms with Gasteiger partial charge in [0.2, 0.25) is 5.95 Å². The van der Waals surface area contributed by atoms with Crippen LogP contribution in [0.15, 0.2) is 61.1 Å². The van der Waals surface area contributed by atoms with E-state index in [-0.39, 0.29) is 0 Å². The van der Waals surface area contributed by atoms with Crippen LogP contribution in [-0.4, -0.2) is 15.0 Å². The van der Waals surface area contributed by atoms with Crippen molar-refractivity contribution < 1.29 is 0 Å². The van der Waals surface area contributed by atoms with Gasteiger partial charge in [-0.2, -0.15) is 17.9 Å². The van der Waals surface area contributed by atoms with Crippen LogP contribution in [0.4, 0.5) is 17.3 Å². The van der Waals surface area contributed by atoms with Gasteiger partial charge in [0, 0.05) is 51.7 Å². The Bertz CT molecular complexity index is 1200. The van der Waals surface area contributed by atoms with Gasteiger partial charge in [-0.1, -0.05) is 12.1 Å². The number of hydrogen-bond acceptors (Lipinski definition) is 8. The number of nitrogens with one attached hydrogen (secondary N) is 1. The van der Waals surface area contributed by atoms with E-state index < -0.39 is 0 Å². The molecule has 8 heteroatoms. The summed E-state index contributed by atoms with van der Waals surface area (Å²) in [5.41, 5.74) is 10.3. The van der Waals surface area contributed by atoms with Crippen LogP contribution in [0.25, 0.3) is 21.7 Å². The Kier molecular flexibility index (Phi) is 5.42. The molecule has 3 aromatic heterocycles. The van der Waals surface area contributed by atoms with Crippen molar-refractivity contribution in [2.24, 2.45) is 0 Å². The van der Waals surface area contributed by atoms with Crippen LogP contribution in [0.2, 0.25) is 0 Å². The molecule has 0 spiro atoms. The van der Waals surface area contributed by atoms with E-state index in [2.05, 4.69) is 39.0 Å². The fourth-order valence-electron chi connectivity index (χ4n) is 2.97. The van der Waals surface area contributed by atoms with E-state index in [1.165, 1.54) is 11.3 Å². The monoisotopic (exact) mass is 416 g/mol. The topological polar surface area (TPSA) is 101 Å². The smallest absolute Gasteiger partial charge is 0.227 e. The van der Waals surface area contributed by atoms with Gasteiger partial charge in [0.25, 0.3) is 0 Å². The van der Waals surface area contributed by atoms with Crippen LogP contribution in [0.1, 0.15) is 10.4 Å². The molecule has 0 saturated heterocycles. The molecular formula is C21H16N6S2. The zero-order valence-corrected chi connectivity index (χ0v) is 16.9. The molecule has 0 aliphatic carbocycles. The van der Waals surface area contributed by atoms with E-state index in [1.807, 2.05) is 42.5 Å². The summed E-state index contributed by atoms with van der Waals surface area (Å²) in [4.78, 5) is 15.0. The largest absolute Gasteiger partial charge is 0.399 e. The van der Waals surface area contributed by atoms with E-state index in [1.54, 1.807) is 18.6 Å². The van der Waals surface area contributed by atoms with Crippen molar-refractivity contribution >= 4 is 41.3 Å². The van der Waals surface area contributed by atoms with Crippen LogP contribution in [-0.2, 0) is 5.75 Å². The summed E-state index contributed by atoms with van der Waals surface area (Å²) in [5.74, 6) is 0.921. The molecule has 4 rings (SSSR count). The number of pyridine rings is 1. The number of benzene rings is 1. The van der Waals surface area contributed by atoms with E-state index in [4.69, 9.17) is 5.73 Å². The van der Waals surface area contributed by atoms with Gasteiger partial charge in [-0.3, -0.25) is 4.98 Å². The number of anilines is 3. The molecule has 4 aromatic rings. The molecule has 6 nitrogen and oxygen atoms in total. The second-order valence-corrected chi connectivity index (χ2v) is 7.55. The molecule has 0 bridgehead atoms. The second kappa shape index (κ2) is 8.31. The summed E-state index contributed by atoms with van der Waals surface area (Å²) >= 11 is 5.91. The number of nitrogen functional groups attached to an aromatic ring is 1. The molecule has 0 atom stereocenters. The van der Waals surface area contributed by atoms with Crippen molar-refractivity contribution in [2.75, 3.05) is 11.1 Å². The number of nitriles is 1. The summed E-state index contributed by atoms with van der Waals surface area (Å²) in [7, 11) is 0. The van der Waals surface area contributed by atoms with Gasteiger partial charge >= 0.3 is 0 Å². The standard InChI is InChI=1S/C21H16N6S2/c22-10-16-18(12-28)29-20(19(16)13-3-2-7-24-11-13)17-6-8-25-21(27-17)26-15-5-1-4-14(23)9-15/h1-9,11,28H,12,23H2,(H,25,26,27). The molecule has 29 heavy (non-hydrogen) atoms. The predicted molar refractivity (Wildman–Crippen MR) is 120 cm³/mol. The number of thiophene rings is 1. The van der Waals surface area contributed by atoms with Crippen molar-refractivity contribution in [1.82, 2.24) is 15.0 Å². The van der Waals surface area contributed by atoms with Gasteiger partial charge in [0.15, 0.2) is 0 Å². The highest BCUT2D eigenvalue weighted by molar-refractivity contribution is 7.79. The summed E-state index contributed by atoms with van der Waals surface area (Å²) in [6, 6.07) is 15.3. The van der Waals surface area contributed by atoms with E-state index in [9.17, 15) is 5.26 Å². The van der Waals surface area contributed by atoms with Crippen molar-refractivity contribution in [3.8, 4) is 27.8 Å². The van der Waals surface area contributed by atoms with E-state index in [0.717, 1.165) is 32.3 Å². The highest BCUT2D eigenvalue weighted by Crippen LogP contribution is 2.42. The molecule has 0 aliphatic rings. The minimum Gasteiger partial charge on any atom is -0.399 e. The first-order valence-electron chi connectivity index (χ1n) is 8.72. The van der Waals surface area contributed by atoms with Crippen molar-refractivity contribution in [3.63, 3.8) is 0 Å². The molecule has 0 amide bonds. The first-order valence-corrected chi connectivity index (χ1v) is 10.2. The molecule has 0 saturated carbocycles. The summed E-state index contributed by atoms with van der Waals surface area (Å²) in [5, 5.41) is 12.9. The SMILES string of the molecule is N#Cc1c(CS)sc(-c2ccnc(Nc3cccc(N)c3)n2)c1-c1cccnc1. The molecular weight excluding hydrogens is 400 g/mol. The third-order valence-electron chi connectivity index (χ3n) is 4.22. The number of aromatic nitrogens is 3. The minimum absolute atomic E-state index is 0.449. The molecule has 0 fully saturated rings. The fourth-order valence-corrected chi connectivity index (χ4v) is 4.42. The number of thiol groups is 1. The van der Waals surface area contributed by atoms with Gasteiger partial charge < -0.3 is 11.1 Å². The molecule has 0 radical (unpaired) electrons. The lowest BCUT2D eigenvalue weighted by Gasteiger charge is -2.08. The van der Waals surface area contributed by atoms with E-state index in [0.29, 0.717) is 23.0 Å². The number of nitrogens with zero attached hydrogens (tertiary/aromatic N) is 4. The van der Waals surface area contributed by atoms with Gasteiger partial charge in [-0.15, -0.1) is 11.3 Å². The summed E-state index contributed by atoms with van der Waals surface area (Å²) in [6.07, 6.45) is 5.15. The average molecular weight is 417 g/mol. The van der Waals surface area contributed by atoms with Crippen molar-refractivity contribution in [2.45, 2.75) is 5.75 Å². The lowest BCUT2D eigenvalue weighted by molar-refractivity contribution is 1.17. The number of rotatable bonds is 5. The number of nitrogens with two attached hydrogens (primary N) is 1. The zero-order valence-electron chi connectivity index (χ0n) is 15.2. The molecule has 3 heterocycles. The maximum atomic E-state index is 9.77. The lowest BCUT2D eigenvalue weighted by atomic mass is 10.0. The van der Waals surface area contributed by atoms with E-state index >= 15 is 0 Å². The molecule has 3 N–H and O–H groups in total. The lowest BCUT2D eigenvalue weighted by Crippen LogP contribution is -1.98. The quantitative estimate of drug-likeness (QED) is 0.316. The summed E-state index contributed by atoms with van der Waals surface area (Å²) < 4.78 is 0. The van der Waals surface area contributed by atoms with Crippen molar-refractivity contribution in [1.29, 1.82) is 5.26 Å². The molecule has 1 aromatic carbocycles. The van der Waals surface area contributed by atoms with Crippen LogP contribution in [0.3, 0.4) is 0 Å². The van der Waals surface area contributed by atoms with Gasteiger partial charge in [0.05, 0.1) is 16.1 Å².